The van der Waals surface area contributed by atoms with Gasteiger partial charge in [0.15, 0.2) is 0 Å². The SMILES string of the molecule is CC(C)(C)C(=O)Nc1ccc(C=CC(=O)N2CCC=C(c3ccccc3)CC2)cn1. The summed E-state index contributed by atoms with van der Waals surface area (Å²) >= 11 is 0. The summed E-state index contributed by atoms with van der Waals surface area (Å²) in [5.74, 6) is 0.423. The van der Waals surface area contributed by atoms with Gasteiger partial charge < -0.3 is 10.2 Å². The van der Waals surface area contributed by atoms with E-state index in [1.807, 2.05) is 49.9 Å². The fourth-order valence-electron chi connectivity index (χ4n) is 3.15. The molecule has 0 saturated carbocycles. The molecule has 0 aliphatic carbocycles. The summed E-state index contributed by atoms with van der Waals surface area (Å²) in [6.45, 7) is 6.99. The maximum atomic E-state index is 12.6. The number of amides is 2. The van der Waals surface area contributed by atoms with Crippen LogP contribution in [0.4, 0.5) is 5.82 Å². The van der Waals surface area contributed by atoms with Gasteiger partial charge in [-0.05, 0) is 47.8 Å². The van der Waals surface area contributed by atoms with Crippen LogP contribution in [-0.4, -0.2) is 34.8 Å². The Kier molecular flexibility index (Phi) is 6.83. The van der Waals surface area contributed by atoms with E-state index in [1.165, 1.54) is 11.1 Å². The third kappa shape index (κ3) is 5.89. The standard InChI is InChI=1S/C25H29N3O2/c1-25(2,3)24(30)27-22-13-11-19(18-26-22)12-14-23(29)28-16-7-10-21(15-17-28)20-8-5-4-6-9-20/h4-6,8-14,18H,7,15-17H2,1-3H3,(H,26,27,30). The third-order valence-corrected chi connectivity index (χ3v) is 5.02. The van der Waals surface area contributed by atoms with E-state index in [0.29, 0.717) is 12.4 Å². The average molecular weight is 404 g/mol. The summed E-state index contributed by atoms with van der Waals surface area (Å²) in [5, 5.41) is 2.80. The van der Waals surface area contributed by atoms with E-state index >= 15 is 0 Å². The number of anilines is 1. The van der Waals surface area contributed by atoms with Gasteiger partial charge in [0.1, 0.15) is 5.82 Å². The Morgan fingerprint density at radius 1 is 1.07 bits per heavy atom. The van der Waals surface area contributed by atoms with Gasteiger partial charge in [0.2, 0.25) is 11.8 Å². The Bertz CT molecular complexity index is 939. The van der Waals surface area contributed by atoms with E-state index in [1.54, 1.807) is 24.4 Å². The van der Waals surface area contributed by atoms with Gasteiger partial charge in [0.25, 0.3) is 0 Å². The summed E-state index contributed by atoms with van der Waals surface area (Å²) in [5.41, 5.74) is 2.86. The monoisotopic (exact) mass is 403 g/mol. The summed E-state index contributed by atoms with van der Waals surface area (Å²) in [4.78, 5) is 30.8. The molecule has 5 nitrogen and oxygen atoms in total. The molecular weight excluding hydrogens is 374 g/mol. The summed E-state index contributed by atoms with van der Waals surface area (Å²) in [6, 6.07) is 13.9. The molecule has 2 aromatic rings. The predicted octanol–water partition coefficient (Wildman–Crippen LogP) is 4.79. The zero-order chi connectivity index (χ0) is 21.6. The Morgan fingerprint density at radius 3 is 2.50 bits per heavy atom. The van der Waals surface area contributed by atoms with Crippen LogP contribution < -0.4 is 5.32 Å². The molecule has 1 N–H and O–H groups in total. The number of hydrogen-bond acceptors (Lipinski definition) is 3. The maximum absolute atomic E-state index is 12.6. The molecule has 0 spiro atoms. The molecule has 156 valence electrons. The van der Waals surface area contributed by atoms with E-state index < -0.39 is 5.41 Å². The minimum absolute atomic E-state index is 0.00261. The molecular formula is C25H29N3O2. The number of carbonyl (C=O) groups excluding carboxylic acids is 2. The minimum atomic E-state index is -0.477. The minimum Gasteiger partial charge on any atom is -0.339 e. The fourth-order valence-corrected chi connectivity index (χ4v) is 3.15. The highest BCUT2D eigenvalue weighted by Gasteiger charge is 2.21. The van der Waals surface area contributed by atoms with E-state index in [9.17, 15) is 9.59 Å². The number of benzene rings is 1. The van der Waals surface area contributed by atoms with Crippen molar-refractivity contribution in [3.63, 3.8) is 0 Å². The van der Waals surface area contributed by atoms with Crippen molar-refractivity contribution in [1.82, 2.24) is 9.88 Å². The van der Waals surface area contributed by atoms with Crippen LogP contribution in [-0.2, 0) is 9.59 Å². The zero-order valence-electron chi connectivity index (χ0n) is 17.9. The summed E-state index contributed by atoms with van der Waals surface area (Å²) < 4.78 is 0. The topological polar surface area (TPSA) is 62.3 Å². The lowest BCUT2D eigenvalue weighted by Crippen LogP contribution is -2.30. The van der Waals surface area contributed by atoms with Crippen LogP contribution in [0, 0.1) is 5.41 Å². The largest absolute Gasteiger partial charge is 0.339 e. The highest BCUT2D eigenvalue weighted by Crippen LogP contribution is 2.22. The van der Waals surface area contributed by atoms with Gasteiger partial charge in [0.05, 0.1) is 0 Å². The Balaban J connectivity index is 1.55. The second kappa shape index (κ2) is 9.53. The van der Waals surface area contributed by atoms with Crippen molar-refractivity contribution in [3.05, 3.63) is 71.9 Å². The Labute approximate surface area is 178 Å². The van der Waals surface area contributed by atoms with Crippen LogP contribution >= 0.6 is 0 Å². The molecule has 0 bridgehead atoms. The van der Waals surface area contributed by atoms with E-state index in [4.69, 9.17) is 0 Å². The second-order valence-electron chi connectivity index (χ2n) is 8.47. The van der Waals surface area contributed by atoms with Crippen LogP contribution in [0.2, 0.25) is 0 Å². The molecule has 0 radical (unpaired) electrons. The zero-order valence-corrected chi connectivity index (χ0v) is 17.9. The molecule has 1 aromatic heterocycles. The second-order valence-corrected chi connectivity index (χ2v) is 8.47. The molecule has 2 amide bonds. The fraction of sp³-hybridized carbons (Fsp3) is 0.320. The molecule has 1 aromatic carbocycles. The summed E-state index contributed by atoms with van der Waals surface area (Å²) in [6.07, 6.45) is 8.96. The normalized spacial score (nSPS) is 14.9. The first-order valence-electron chi connectivity index (χ1n) is 10.3. The van der Waals surface area contributed by atoms with Gasteiger partial charge in [-0.3, -0.25) is 9.59 Å². The smallest absolute Gasteiger partial charge is 0.246 e. The van der Waals surface area contributed by atoms with Gasteiger partial charge in [-0.15, -0.1) is 0 Å². The molecule has 30 heavy (non-hydrogen) atoms. The van der Waals surface area contributed by atoms with Gasteiger partial charge in [-0.25, -0.2) is 4.98 Å². The molecule has 0 atom stereocenters. The first-order chi connectivity index (χ1) is 14.3. The van der Waals surface area contributed by atoms with Crippen molar-refractivity contribution in [3.8, 4) is 0 Å². The molecule has 3 rings (SSSR count). The van der Waals surface area contributed by atoms with Gasteiger partial charge in [-0.1, -0.05) is 57.2 Å². The van der Waals surface area contributed by atoms with Gasteiger partial charge in [-0.2, -0.15) is 0 Å². The molecule has 5 heteroatoms. The van der Waals surface area contributed by atoms with Crippen LogP contribution in [0.15, 0.2) is 60.8 Å². The number of aromatic nitrogens is 1. The van der Waals surface area contributed by atoms with Gasteiger partial charge >= 0.3 is 0 Å². The third-order valence-electron chi connectivity index (χ3n) is 5.02. The Morgan fingerprint density at radius 2 is 1.83 bits per heavy atom. The number of nitrogens with one attached hydrogen (secondary N) is 1. The average Bonchev–Trinajstić information content (AvgIpc) is 2.99. The summed E-state index contributed by atoms with van der Waals surface area (Å²) in [7, 11) is 0. The van der Waals surface area contributed by atoms with Crippen molar-refractivity contribution < 1.29 is 9.59 Å². The van der Waals surface area contributed by atoms with Crippen LogP contribution in [0.3, 0.4) is 0 Å². The molecule has 0 saturated heterocycles. The van der Waals surface area contributed by atoms with Crippen molar-refractivity contribution >= 4 is 29.3 Å². The molecule has 2 heterocycles. The van der Waals surface area contributed by atoms with E-state index in [-0.39, 0.29) is 11.8 Å². The quantitative estimate of drug-likeness (QED) is 0.747. The number of nitrogens with zero attached hydrogens (tertiary/aromatic N) is 2. The van der Waals surface area contributed by atoms with Crippen LogP contribution in [0.25, 0.3) is 11.6 Å². The number of carbonyl (C=O) groups is 2. The van der Waals surface area contributed by atoms with Gasteiger partial charge in [0, 0.05) is 30.8 Å². The molecule has 1 aliphatic rings. The highest BCUT2D eigenvalue weighted by atomic mass is 16.2. The lowest BCUT2D eigenvalue weighted by molar-refractivity contribution is -0.126. The lowest BCUT2D eigenvalue weighted by atomic mass is 9.96. The maximum Gasteiger partial charge on any atom is 0.246 e. The van der Waals surface area contributed by atoms with Crippen LogP contribution in [0.1, 0.15) is 44.7 Å². The number of pyridine rings is 1. The molecule has 0 fully saturated rings. The van der Waals surface area contributed by atoms with Crippen molar-refractivity contribution in [2.45, 2.75) is 33.6 Å². The number of rotatable bonds is 4. The highest BCUT2D eigenvalue weighted by molar-refractivity contribution is 5.94. The first kappa shape index (κ1) is 21.5. The van der Waals surface area contributed by atoms with Crippen molar-refractivity contribution in [1.29, 1.82) is 0 Å². The molecule has 0 unspecified atom stereocenters. The Hall–Kier alpha value is -3.21. The molecule has 1 aliphatic heterocycles. The van der Waals surface area contributed by atoms with Crippen molar-refractivity contribution in [2.75, 3.05) is 18.4 Å². The van der Waals surface area contributed by atoms with Crippen molar-refractivity contribution in [2.24, 2.45) is 5.41 Å². The lowest BCUT2D eigenvalue weighted by Gasteiger charge is -2.18. The van der Waals surface area contributed by atoms with E-state index in [0.717, 1.165) is 24.9 Å². The number of hydrogen-bond donors (Lipinski definition) is 1. The first-order valence-corrected chi connectivity index (χ1v) is 10.3. The van der Waals surface area contributed by atoms with Crippen LogP contribution in [0.5, 0.6) is 0 Å². The van der Waals surface area contributed by atoms with E-state index in [2.05, 4.69) is 28.5 Å². The predicted molar refractivity (Wildman–Crippen MR) is 122 cm³/mol.